The first-order chi connectivity index (χ1) is 19.7. The third kappa shape index (κ3) is 5.78. The molecule has 0 spiro atoms. The van der Waals surface area contributed by atoms with E-state index in [2.05, 4.69) is 68.8 Å². The van der Waals surface area contributed by atoms with Crippen LogP contribution < -0.4 is 0 Å². The predicted molar refractivity (Wildman–Crippen MR) is 160 cm³/mol. The van der Waals surface area contributed by atoms with Crippen molar-refractivity contribution in [3.8, 4) is 0 Å². The van der Waals surface area contributed by atoms with Crippen LogP contribution in [0.4, 0.5) is 0 Å². The Morgan fingerprint density at radius 3 is 2.20 bits per heavy atom. The molecule has 8 nitrogen and oxygen atoms in total. The van der Waals surface area contributed by atoms with E-state index >= 15 is 0 Å². The summed E-state index contributed by atoms with van der Waals surface area (Å²) in [5.41, 5.74) is 3.66. The van der Waals surface area contributed by atoms with Gasteiger partial charge in [0, 0.05) is 75.3 Å². The molecule has 4 aliphatic rings. The van der Waals surface area contributed by atoms with E-state index in [1.165, 1.54) is 11.9 Å². The molecule has 6 rings (SSSR count). The fraction of sp³-hybridized carbons (Fsp3) is 0.636. The highest BCUT2D eigenvalue weighted by molar-refractivity contribution is 5.96. The zero-order valence-electron chi connectivity index (χ0n) is 25.3. The van der Waals surface area contributed by atoms with Gasteiger partial charge >= 0.3 is 0 Å². The Bertz CT molecular complexity index is 1230. The quantitative estimate of drug-likeness (QED) is 0.518. The van der Waals surface area contributed by atoms with Crippen molar-refractivity contribution < 1.29 is 9.59 Å². The summed E-state index contributed by atoms with van der Waals surface area (Å²) >= 11 is 0. The normalized spacial score (nSPS) is 24.6. The molecular weight excluding hydrogens is 512 g/mol. The number of hydrogen-bond acceptors (Lipinski definition) is 6. The number of benzene rings is 1. The number of rotatable bonds is 7. The van der Waals surface area contributed by atoms with E-state index in [-0.39, 0.29) is 11.4 Å². The number of likely N-dealkylation sites (tertiary alicyclic amines) is 2. The van der Waals surface area contributed by atoms with Gasteiger partial charge in [-0.2, -0.15) is 0 Å². The third-order valence-electron chi connectivity index (χ3n) is 10.4. The lowest BCUT2D eigenvalue weighted by molar-refractivity contribution is -0.142. The van der Waals surface area contributed by atoms with Gasteiger partial charge in [0.15, 0.2) is 0 Å². The summed E-state index contributed by atoms with van der Waals surface area (Å²) in [6.45, 7) is 15.1. The Morgan fingerprint density at radius 2 is 1.59 bits per heavy atom. The fourth-order valence-electron chi connectivity index (χ4n) is 7.46. The van der Waals surface area contributed by atoms with E-state index < -0.39 is 0 Å². The van der Waals surface area contributed by atoms with Gasteiger partial charge in [-0.1, -0.05) is 30.3 Å². The molecular formula is C33H46N6O2. The standard InChI is InChI=1S/C33H46N6O2/c1-23-19-38(33(4)12-14-36(15-13-33)32(41)30-24(2)34-22-35-25(30)3)16-17-39(23)29(18-26-8-6-5-7-9-26)28-20-37(21-28)31(40)27-10-11-27/h5-9,22-23,27-29H,10-21H2,1-4H3/t23-,29-/m0/s1. The van der Waals surface area contributed by atoms with Crippen molar-refractivity contribution >= 4 is 11.8 Å². The number of carbonyl (C=O) groups is 2. The van der Waals surface area contributed by atoms with Crippen LogP contribution in [0.15, 0.2) is 36.7 Å². The van der Waals surface area contributed by atoms with Crippen LogP contribution in [0, 0.1) is 25.7 Å². The van der Waals surface area contributed by atoms with Crippen LogP contribution in [0.25, 0.3) is 0 Å². The minimum Gasteiger partial charge on any atom is -0.342 e. The molecule has 1 aliphatic carbocycles. The first-order valence-electron chi connectivity index (χ1n) is 15.6. The largest absolute Gasteiger partial charge is 0.342 e. The van der Waals surface area contributed by atoms with Gasteiger partial charge in [0.25, 0.3) is 5.91 Å². The number of hydrogen-bond donors (Lipinski definition) is 0. The molecule has 1 aromatic carbocycles. The molecule has 41 heavy (non-hydrogen) atoms. The number of piperidine rings is 1. The number of carbonyl (C=O) groups excluding carboxylic acids is 2. The summed E-state index contributed by atoms with van der Waals surface area (Å²) in [5, 5.41) is 0. The molecule has 8 heteroatoms. The Morgan fingerprint density at radius 1 is 0.927 bits per heavy atom. The Kier molecular flexibility index (Phi) is 7.90. The minimum atomic E-state index is 0.0688. The summed E-state index contributed by atoms with van der Waals surface area (Å²) in [4.78, 5) is 44.1. The van der Waals surface area contributed by atoms with E-state index in [9.17, 15) is 9.59 Å². The fourth-order valence-corrected chi connectivity index (χ4v) is 7.46. The maximum Gasteiger partial charge on any atom is 0.257 e. The summed E-state index contributed by atoms with van der Waals surface area (Å²) in [6.07, 6.45) is 6.69. The SMILES string of the molecule is Cc1ncnc(C)c1C(=O)N1CCC(C)(N2CCN([C@@H](Cc3ccccc3)C3CN(C(=O)C4CC4)C3)[C@@H](C)C2)CC1. The van der Waals surface area contributed by atoms with Crippen molar-refractivity contribution in [3.63, 3.8) is 0 Å². The monoisotopic (exact) mass is 558 g/mol. The Hall–Kier alpha value is -2.84. The van der Waals surface area contributed by atoms with Crippen LogP contribution in [0.1, 0.15) is 66.8 Å². The van der Waals surface area contributed by atoms with Crippen molar-refractivity contribution in [2.45, 2.75) is 77.4 Å². The maximum atomic E-state index is 13.4. The zero-order valence-corrected chi connectivity index (χ0v) is 25.3. The first kappa shape index (κ1) is 28.3. The van der Waals surface area contributed by atoms with Crippen molar-refractivity contribution in [2.24, 2.45) is 11.8 Å². The minimum absolute atomic E-state index is 0.0688. The highest BCUT2D eigenvalue weighted by Crippen LogP contribution is 2.37. The summed E-state index contributed by atoms with van der Waals surface area (Å²) in [5.74, 6) is 1.30. The summed E-state index contributed by atoms with van der Waals surface area (Å²) < 4.78 is 0. The molecule has 2 amide bonds. The van der Waals surface area contributed by atoms with Gasteiger partial charge in [-0.15, -0.1) is 0 Å². The second-order valence-electron chi connectivity index (χ2n) is 13.3. The molecule has 0 radical (unpaired) electrons. The van der Waals surface area contributed by atoms with Crippen molar-refractivity contribution in [1.82, 2.24) is 29.6 Å². The molecule has 2 atom stereocenters. The second-order valence-corrected chi connectivity index (χ2v) is 13.3. The number of nitrogens with zero attached hydrogens (tertiary/aromatic N) is 6. The average molecular weight is 559 g/mol. The lowest BCUT2D eigenvalue weighted by Gasteiger charge is -2.55. The first-order valence-corrected chi connectivity index (χ1v) is 15.6. The van der Waals surface area contributed by atoms with E-state index in [0.29, 0.717) is 35.4 Å². The van der Waals surface area contributed by atoms with E-state index in [0.717, 1.165) is 89.3 Å². The summed E-state index contributed by atoms with van der Waals surface area (Å²) in [7, 11) is 0. The second kappa shape index (κ2) is 11.4. The number of aromatic nitrogens is 2. The average Bonchev–Trinajstić information content (AvgIpc) is 3.78. The maximum absolute atomic E-state index is 13.4. The Labute approximate surface area is 245 Å². The molecule has 4 heterocycles. The molecule has 220 valence electrons. The van der Waals surface area contributed by atoms with Crippen LogP contribution in [-0.4, -0.2) is 105 Å². The van der Waals surface area contributed by atoms with Gasteiger partial charge in [-0.3, -0.25) is 19.4 Å². The number of aryl methyl sites for hydroxylation is 2. The number of amides is 2. The van der Waals surface area contributed by atoms with Crippen LogP contribution >= 0.6 is 0 Å². The van der Waals surface area contributed by atoms with Gasteiger partial charge in [0.1, 0.15) is 6.33 Å². The van der Waals surface area contributed by atoms with Gasteiger partial charge in [0.2, 0.25) is 5.91 Å². The van der Waals surface area contributed by atoms with Crippen molar-refractivity contribution in [1.29, 1.82) is 0 Å². The van der Waals surface area contributed by atoms with E-state index in [1.807, 2.05) is 18.7 Å². The van der Waals surface area contributed by atoms with Gasteiger partial charge in [-0.05, 0) is 65.4 Å². The zero-order chi connectivity index (χ0) is 28.7. The molecule has 0 unspecified atom stereocenters. The molecule has 4 fully saturated rings. The lowest BCUT2D eigenvalue weighted by atomic mass is 9.83. The summed E-state index contributed by atoms with van der Waals surface area (Å²) in [6, 6.07) is 11.8. The molecule has 0 N–H and O–H groups in total. The topological polar surface area (TPSA) is 72.9 Å². The smallest absolute Gasteiger partial charge is 0.257 e. The Balaban J connectivity index is 1.09. The van der Waals surface area contributed by atoms with Gasteiger partial charge in [0.05, 0.1) is 17.0 Å². The van der Waals surface area contributed by atoms with Crippen LogP contribution in [0.3, 0.4) is 0 Å². The van der Waals surface area contributed by atoms with E-state index in [1.54, 1.807) is 0 Å². The predicted octanol–water partition coefficient (Wildman–Crippen LogP) is 3.57. The molecule has 0 bridgehead atoms. The highest BCUT2D eigenvalue weighted by atomic mass is 16.2. The molecule has 1 aromatic heterocycles. The third-order valence-corrected chi connectivity index (χ3v) is 10.4. The molecule has 1 saturated carbocycles. The molecule has 3 aliphatic heterocycles. The molecule has 3 saturated heterocycles. The van der Waals surface area contributed by atoms with Crippen LogP contribution in [-0.2, 0) is 11.2 Å². The van der Waals surface area contributed by atoms with Crippen molar-refractivity contribution in [3.05, 3.63) is 59.2 Å². The van der Waals surface area contributed by atoms with Gasteiger partial charge < -0.3 is 9.80 Å². The lowest BCUT2D eigenvalue weighted by Crippen LogP contribution is -2.66. The number of piperazine rings is 1. The molecule has 2 aromatic rings. The van der Waals surface area contributed by atoms with Gasteiger partial charge in [-0.25, -0.2) is 9.97 Å². The van der Waals surface area contributed by atoms with Crippen LogP contribution in [0.5, 0.6) is 0 Å². The van der Waals surface area contributed by atoms with Crippen LogP contribution in [0.2, 0.25) is 0 Å². The van der Waals surface area contributed by atoms with Crippen molar-refractivity contribution in [2.75, 3.05) is 45.8 Å². The van der Waals surface area contributed by atoms with E-state index in [4.69, 9.17) is 0 Å². The highest BCUT2D eigenvalue weighted by Gasteiger charge is 2.46.